The van der Waals surface area contributed by atoms with Crippen molar-refractivity contribution in [3.63, 3.8) is 0 Å². The minimum Gasteiger partial charge on any atom is -0.496 e. The predicted octanol–water partition coefficient (Wildman–Crippen LogP) is 4.22. The van der Waals surface area contributed by atoms with Crippen LogP contribution in [0.5, 0.6) is 5.75 Å². The van der Waals surface area contributed by atoms with Gasteiger partial charge in [0.1, 0.15) is 11.6 Å². The third-order valence-electron chi connectivity index (χ3n) is 3.63. The van der Waals surface area contributed by atoms with Crippen molar-refractivity contribution in [2.75, 3.05) is 18.2 Å². The smallest absolute Gasteiger partial charge is 0.234 e. The number of carbonyl (C=O) groups excluding carboxylic acids is 2. The molecule has 0 bridgehead atoms. The van der Waals surface area contributed by atoms with Crippen LogP contribution in [0.15, 0.2) is 36.4 Å². The number of hydrogen-bond acceptors (Lipinski definition) is 4. The van der Waals surface area contributed by atoms with Crippen LogP contribution in [-0.2, 0) is 10.5 Å². The summed E-state index contributed by atoms with van der Waals surface area (Å²) in [5.41, 5.74) is 2.43. The van der Waals surface area contributed by atoms with Gasteiger partial charge >= 0.3 is 0 Å². The fraction of sp³-hybridized carbons (Fsp3) is 0.263. The zero-order valence-corrected chi connectivity index (χ0v) is 15.2. The van der Waals surface area contributed by atoms with Crippen LogP contribution in [-0.4, -0.2) is 24.6 Å². The van der Waals surface area contributed by atoms with E-state index in [0.29, 0.717) is 28.3 Å². The van der Waals surface area contributed by atoms with Crippen molar-refractivity contribution in [1.82, 2.24) is 0 Å². The normalized spacial score (nSPS) is 10.4. The molecule has 0 spiro atoms. The summed E-state index contributed by atoms with van der Waals surface area (Å²) in [7, 11) is 1.57. The van der Waals surface area contributed by atoms with Gasteiger partial charge in [0.15, 0.2) is 5.78 Å². The summed E-state index contributed by atoms with van der Waals surface area (Å²) in [6.07, 6.45) is 0. The predicted molar refractivity (Wildman–Crippen MR) is 98.9 cm³/mol. The molecule has 0 fully saturated rings. The second-order valence-electron chi connectivity index (χ2n) is 5.59. The van der Waals surface area contributed by atoms with E-state index in [0.717, 1.165) is 5.56 Å². The number of amides is 1. The molecular formula is C19H20FNO3S. The van der Waals surface area contributed by atoms with Crippen LogP contribution in [0.2, 0.25) is 0 Å². The lowest BCUT2D eigenvalue weighted by Crippen LogP contribution is -2.14. The number of ketones is 1. The number of aryl methyl sites for hydroxylation is 1. The van der Waals surface area contributed by atoms with Crippen molar-refractivity contribution in [2.24, 2.45) is 0 Å². The molecule has 1 amide bonds. The van der Waals surface area contributed by atoms with E-state index in [1.54, 1.807) is 44.4 Å². The third-order valence-corrected chi connectivity index (χ3v) is 4.61. The van der Waals surface area contributed by atoms with Crippen LogP contribution < -0.4 is 10.1 Å². The molecule has 0 heterocycles. The summed E-state index contributed by atoms with van der Waals surface area (Å²) >= 11 is 1.39. The average Bonchev–Trinajstić information content (AvgIpc) is 2.58. The van der Waals surface area contributed by atoms with Crippen LogP contribution in [0.1, 0.15) is 28.4 Å². The molecule has 0 aliphatic rings. The number of anilines is 1. The lowest BCUT2D eigenvalue weighted by molar-refractivity contribution is -0.113. The minimum atomic E-state index is -0.351. The summed E-state index contributed by atoms with van der Waals surface area (Å²) in [6.45, 7) is 3.17. The number of rotatable bonds is 7. The van der Waals surface area contributed by atoms with Gasteiger partial charge in [0.2, 0.25) is 5.91 Å². The molecule has 0 aliphatic carbocycles. The highest BCUT2D eigenvalue weighted by Gasteiger charge is 2.09. The number of methoxy groups -OCH3 is 1. The summed E-state index contributed by atoms with van der Waals surface area (Å²) < 4.78 is 18.8. The fourth-order valence-electron chi connectivity index (χ4n) is 2.23. The summed E-state index contributed by atoms with van der Waals surface area (Å²) in [5.74, 6) is 0.834. The van der Waals surface area contributed by atoms with E-state index in [9.17, 15) is 14.0 Å². The van der Waals surface area contributed by atoms with Crippen LogP contribution in [0.25, 0.3) is 0 Å². The largest absolute Gasteiger partial charge is 0.496 e. The van der Waals surface area contributed by atoms with Gasteiger partial charge in [0, 0.05) is 22.6 Å². The SMILES string of the molecule is COc1ccc(C(C)=O)cc1CSCC(=O)Nc1ccc(C)c(F)c1. The van der Waals surface area contributed by atoms with Gasteiger partial charge in [-0.1, -0.05) is 6.07 Å². The molecule has 132 valence electrons. The number of ether oxygens (including phenoxy) is 1. The van der Waals surface area contributed by atoms with Crippen LogP contribution in [0, 0.1) is 12.7 Å². The Bertz CT molecular complexity index is 792. The molecule has 2 rings (SSSR count). The molecule has 6 heteroatoms. The minimum absolute atomic E-state index is 0.0203. The van der Waals surface area contributed by atoms with Gasteiger partial charge < -0.3 is 10.1 Å². The highest BCUT2D eigenvalue weighted by molar-refractivity contribution is 7.99. The van der Waals surface area contributed by atoms with Crippen molar-refractivity contribution in [3.8, 4) is 5.75 Å². The Balaban J connectivity index is 1.93. The highest BCUT2D eigenvalue weighted by Crippen LogP contribution is 2.25. The first-order chi connectivity index (χ1) is 11.9. The van der Waals surface area contributed by atoms with Gasteiger partial charge in [-0.2, -0.15) is 0 Å². The van der Waals surface area contributed by atoms with Crippen LogP contribution in [0.4, 0.5) is 10.1 Å². The highest BCUT2D eigenvalue weighted by atomic mass is 32.2. The second-order valence-corrected chi connectivity index (χ2v) is 6.57. The van der Waals surface area contributed by atoms with Crippen molar-refractivity contribution in [3.05, 3.63) is 58.9 Å². The Morgan fingerprint density at radius 1 is 1.20 bits per heavy atom. The Morgan fingerprint density at radius 2 is 1.96 bits per heavy atom. The molecule has 1 N–H and O–H groups in total. The quantitative estimate of drug-likeness (QED) is 0.751. The number of thioether (sulfide) groups is 1. The summed E-state index contributed by atoms with van der Waals surface area (Å²) in [6, 6.07) is 9.84. The molecule has 0 aliphatic heterocycles. The first-order valence-electron chi connectivity index (χ1n) is 7.72. The second kappa shape index (κ2) is 8.67. The maximum Gasteiger partial charge on any atom is 0.234 e. The fourth-order valence-corrected chi connectivity index (χ4v) is 3.04. The molecule has 0 unspecified atom stereocenters. The molecular weight excluding hydrogens is 341 g/mol. The maximum absolute atomic E-state index is 13.5. The molecule has 0 saturated heterocycles. The molecule has 0 atom stereocenters. The van der Waals surface area contributed by atoms with Gasteiger partial charge in [-0.25, -0.2) is 4.39 Å². The number of benzene rings is 2. The van der Waals surface area contributed by atoms with Crippen molar-refractivity contribution < 1.29 is 18.7 Å². The molecule has 25 heavy (non-hydrogen) atoms. The topological polar surface area (TPSA) is 55.4 Å². The van der Waals surface area contributed by atoms with Gasteiger partial charge in [0.25, 0.3) is 0 Å². The Kier molecular flexibility index (Phi) is 6.58. The molecule has 2 aromatic carbocycles. The van der Waals surface area contributed by atoms with Gasteiger partial charge in [-0.05, 0) is 49.7 Å². The van der Waals surface area contributed by atoms with Gasteiger partial charge in [-0.15, -0.1) is 11.8 Å². The van der Waals surface area contributed by atoms with E-state index in [4.69, 9.17) is 4.74 Å². The average molecular weight is 361 g/mol. The van der Waals surface area contributed by atoms with Crippen LogP contribution in [0.3, 0.4) is 0 Å². The molecule has 0 aromatic heterocycles. The van der Waals surface area contributed by atoms with E-state index in [-0.39, 0.29) is 23.3 Å². The molecule has 0 radical (unpaired) electrons. The van der Waals surface area contributed by atoms with E-state index in [2.05, 4.69) is 5.32 Å². The molecule has 2 aromatic rings. The summed E-state index contributed by atoms with van der Waals surface area (Å²) in [4.78, 5) is 23.5. The standard InChI is InChI=1S/C19H20FNO3S/c1-12-4-6-16(9-17(12)20)21-19(23)11-25-10-15-8-14(13(2)22)5-7-18(15)24-3/h4-9H,10-11H2,1-3H3,(H,21,23). The maximum atomic E-state index is 13.5. The van der Waals surface area contributed by atoms with Crippen molar-refractivity contribution >= 4 is 29.1 Å². The zero-order chi connectivity index (χ0) is 18.4. The van der Waals surface area contributed by atoms with Crippen molar-refractivity contribution in [2.45, 2.75) is 19.6 Å². The number of hydrogen-bond donors (Lipinski definition) is 1. The number of halogens is 1. The Morgan fingerprint density at radius 3 is 2.60 bits per heavy atom. The Hall–Kier alpha value is -2.34. The number of carbonyl (C=O) groups is 2. The molecule has 0 saturated carbocycles. The Labute approximate surface area is 150 Å². The van der Waals surface area contributed by atoms with Gasteiger partial charge in [-0.3, -0.25) is 9.59 Å². The van der Waals surface area contributed by atoms with E-state index >= 15 is 0 Å². The van der Waals surface area contributed by atoms with Gasteiger partial charge in [0.05, 0.1) is 12.9 Å². The lowest BCUT2D eigenvalue weighted by atomic mass is 10.1. The zero-order valence-electron chi connectivity index (χ0n) is 14.4. The number of Topliss-reactive ketones (excluding diaryl/α,β-unsaturated/α-hetero) is 1. The number of nitrogens with one attached hydrogen (secondary N) is 1. The van der Waals surface area contributed by atoms with Crippen molar-refractivity contribution in [1.29, 1.82) is 0 Å². The van der Waals surface area contributed by atoms with E-state index < -0.39 is 0 Å². The molecule has 4 nitrogen and oxygen atoms in total. The first kappa shape index (κ1) is 19.0. The monoisotopic (exact) mass is 361 g/mol. The summed E-state index contributed by atoms with van der Waals surface area (Å²) in [5, 5.41) is 2.67. The lowest BCUT2D eigenvalue weighted by Gasteiger charge is -2.10. The first-order valence-corrected chi connectivity index (χ1v) is 8.87. The third kappa shape index (κ3) is 5.32. The van der Waals surface area contributed by atoms with Crippen LogP contribution >= 0.6 is 11.8 Å². The van der Waals surface area contributed by atoms with E-state index in [1.165, 1.54) is 24.8 Å². The van der Waals surface area contributed by atoms with E-state index in [1.807, 2.05) is 0 Å².